The van der Waals surface area contributed by atoms with Crippen LogP contribution in [0.5, 0.6) is 11.5 Å². The topological polar surface area (TPSA) is 133 Å². The van der Waals surface area contributed by atoms with Gasteiger partial charge in [0, 0.05) is 18.0 Å². The molecule has 0 spiro atoms. The van der Waals surface area contributed by atoms with Gasteiger partial charge in [0.2, 0.25) is 5.95 Å². The number of anilines is 2. The molecule has 170 valence electrons. The average Bonchev–Trinajstić information content (AvgIpc) is 3.34. The van der Waals surface area contributed by atoms with Gasteiger partial charge >= 0.3 is 0 Å². The van der Waals surface area contributed by atoms with E-state index in [1.165, 1.54) is 22.9 Å². The Balaban J connectivity index is 1.37. The number of aromatic nitrogens is 5. The number of nitrogen functional groups attached to an aromatic ring is 1. The van der Waals surface area contributed by atoms with Crippen molar-refractivity contribution in [1.82, 2.24) is 24.7 Å². The molecule has 1 unspecified atom stereocenters. The number of benzene rings is 2. The molecule has 10 nitrogen and oxygen atoms in total. The van der Waals surface area contributed by atoms with Crippen molar-refractivity contribution in [3.63, 3.8) is 0 Å². The second-order valence-electron chi connectivity index (χ2n) is 7.82. The summed E-state index contributed by atoms with van der Waals surface area (Å²) < 4.78 is 27.6. The molecule has 6 rings (SSSR count). The third-order valence-electron chi connectivity index (χ3n) is 5.59. The van der Waals surface area contributed by atoms with E-state index in [0.29, 0.717) is 46.6 Å². The molecule has 0 amide bonds. The number of para-hydroxylation sites is 1. The number of rotatable bonds is 4. The van der Waals surface area contributed by atoms with Crippen LogP contribution in [0.4, 0.5) is 16.0 Å². The van der Waals surface area contributed by atoms with Crippen molar-refractivity contribution in [3.05, 3.63) is 71.0 Å². The van der Waals surface area contributed by atoms with Crippen LogP contribution in [-0.4, -0.2) is 44.0 Å². The predicted molar refractivity (Wildman–Crippen MR) is 124 cm³/mol. The van der Waals surface area contributed by atoms with Gasteiger partial charge in [0.05, 0.1) is 34.7 Å². The number of aromatic amines is 1. The largest absolute Gasteiger partial charge is 0.486 e. The highest BCUT2D eigenvalue weighted by molar-refractivity contribution is 6.02. The van der Waals surface area contributed by atoms with Crippen molar-refractivity contribution in [2.75, 3.05) is 24.2 Å². The minimum absolute atomic E-state index is 0.0881. The van der Waals surface area contributed by atoms with E-state index in [1.807, 2.05) is 0 Å². The molecule has 0 radical (unpaired) electrons. The van der Waals surface area contributed by atoms with Gasteiger partial charge < -0.3 is 20.5 Å². The Morgan fingerprint density at radius 3 is 2.94 bits per heavy atom. The number of nitrogens with one attached hydrogen (secondary N) is 2. The number of nitrogens with zero attached hydrogens (tertiary/aromatic N) is 4. The third kappa shape index (κ3) is 3.25. The summed E-state index contributed by atoms with van der Waals surface area (Å²) in [5.41, 5.74) is 6.75. The molecular formula is C23H18FN7O3. The van der Waals surface area contributed by atoms with E-state index < -0.39 is 11.4 Å². The summed E-state index contributed by atoms with van der Waals surface area (Å²) in [6.07, 6.45) is 2.67. The molecule has 0 saturated carbocycles. The van der Waals surface area contributed by atoms with Gasteiger partial charge in [-0.3, -0.25) is 14.5 Å². The van der Waals surface area contributed by atoms with E-state index in [-0.39, 0.29) is 23.4 Å². The monoisotopic (exact) mass is 459 g/mol. The number of halogens is 1. The predicted octanol–water partition coefficient (Wildman–Crippen LogP) is 2.63. The lowest BCUT2D eigenvalue weighted by molar-refractivity contribution is 0.0997. The van der Waals surface area contributed by atoms with Crippen LogP contribution >= 0.6 is 0 Å². The Morgan fingerprint density at radius 1 is 1.18 bits per heavy atom. The van der Waals surface area contributed by atoms with Crippen LogP contribution < -0.4 is 26.1 Å². The first kappa shape index (κ1) is 20.0. The molecule has 0 fully saturated rings. The Labute approximate surface area is 191 Å². The summed E-state index contributed by atoms with van der Waals surface area (Å²) in [5.74, 6) is 0.897. The summed E-state index contributed by atoms with van der Waals surface area (Å²) in [7, 11) is 0. The highest BCUT2D eigenvalue weighted by Gasteiger charge is 2.22. The number of hydrogen-bond acceptors (Lipinski definition) is 8. The zero-order valence-corrected chi connectivity index (χ0v) is 17.7. The van der Waals surface area contributed by atoms with E-state index >= 15 is 0 Å². The molecule has 1 atom stereocenters. The zero-order chi connectivity index (χ0) is 23.2. The van der Waals surface area contributed by atoms with Gasteiger partial charge in [-0.1, -0.05) is 12.1 Å². The molecule has 1 aliphatic heterocycles. The van der Waals surface area contributed by atoms with Crippen molar-refractivity contribution in [2.45, 2.75) is 6.10 Å². The highest BCUT2D eigenvalue weighted by atomic mass is 19.1. The molecule has 0 aliphatic carbocycles. The lowest BCUT2D eigenvalue weighted by Gasteiger charge is -2.26. The molecule has 11 heteroatoms. The average molecular weight is 459 g/mol. The summed E-state index contributed by atoms with van der Waals surface area (Å²) >= 11 is 0. The van der Waals surface area contributed by atoms with Crippen LogP contribution in [0, 0.1) is 5.82 Å². The molecule has 3 aromatic heterocycles. The number of fused-ring (bicyclic) bond motifs is 4. The number of H-pyrrole nitrogens is 1. The van der Waals surface area contributed by atoms with Crippen LogP contribution in [-0.2, 0) is 0 Å². The fourth-order valence-electron chi connectivity index (χ4n) is 3.97. The molecular weight excluding hydrogens is 441 g/mol. The van der Waals surface area contributed by atoms with E-state index in [2.05, 4.69) is 25.5 Å². The van der Waals surface area contributed by atoms with Crippen LogP contribution in [0.3, 0.4) is 0 Å². The first-order chi connectivity index (χ1) is 16.6. The molecule has 34 heavy (non-hydrogen) atoms. The summed E-state index contributed by atoms with van der Waals surface area (Å²) in [5, 5.41) is 10.7. The maximum atomic E-state index is 14.7. The van der Waals surface area contributed by atoms with Crippen LogP contribution in [0.25, 0.3) is 27.6 Å². The van der Waals surface area contributed by atoms with E-state index in [0.717, 1.165) is 0 Å². The van der Waals surface area contributed by atoms with Gasteiger partial charge in [0.1, 0.15) is 18.5 Å². The quantitative estimate of drug-likeness (QED) is 0.349. The lowest BCUT2D eigenvalue weighted by atomic mass is 10.2. The van der Waals surface area contributed by atoms with Crippen molar-refractivity contribution in [3.8, 4) is 17.2 Å². The fourth-order valence-corrected chi connectivity index (χ4v) is 3.97. The van der Waals surface area contributed by atoms with Crippen molar-refractivity contribution in [2.24, 2.45) is 0 Å². The van der Waals surface area contributed by atoms with Gasteiger partial charge in [0.15, 0.2) is 17.1 Å². The van der Waals surface area contributed by atoms with E-state index in [9.17, 15) is 9.18 Å². The second-order valence-corrected chi connectivity index (χ2v) is 7.82. The lowest BCUT2D eigenvalue weighted by Crippen LogP contribution is -2.35. The molecule has 4 N–H and O–H groups in total. The SMILES string of the molecule is Nc1ccc2c(c1)OCC(CNc1ncc3c4[nH]ncc4c(=O)n(-c4ccccc4F)c3n1)O2. The van der Waals surface area contributed by atoms with Crippen LogP contribution in [0.2, 0.25) is 0 Å². The first-order valence-corrected chi connectivity index (χ1v) is 10.5. The minimum atomic E-state index is -0.547. The molecule has 5 aromatic rings. The molecule has 0 saturated heterocycles. The van der Waals surface area contributed by atoms with Gasteiger partial charge in [-0.2, -0.15) is 10.1 Å². The highest BCUT2D eigenvalue weighted by Crippen LogP contribution is 2.33. The second kappa shape index (κ2) is 7.73. The normalized spacial score (nSPS) is 15.0. The summed E-state index contributed by atoms with van der Waals surface area (Å²) in [4.78, 5) is 22.1. The standard InChI is InChI=1S/C23H18FN7O3/c24-16-3-1-2-4-17(16)31-21-14(20-15(22(31)32)10-28-30-20)9-27-23(29-21)26-8-13-11-33-19-7-12(25)5-6-18(19)34-13/h1-7,9-10,13H,8,11,25H2,(H,28,30)(H,26,27,29). The Kier molecular flexibility index (Phi) is 4.54. The first-order valence-electron chi connectivity index (χ1n) is 10.5. The summed E-state index contributed by atoms with van der Waals surface area (Å²) in [6, 6.07) is 11.2. The van der Waals surface area contributed by atoms with E-state index in [1.54, 1.807) is 36.5 Å². The van der Waals surface area contributed by atoms with Gasteiger partial charge in [-0.15, -0.1) is 0 Å². The smallest absolute Gasteiger partial charge is 0.267 e. The van der Waals surface area contributed by atoms with Crippen LogP contribution in [0.15, 0.2) is 59.7 Å². The van der Waals surface area contributed by atoms with Gasteiger partial charge in [-0.05, 0) is 24.3 Å². The molecule has 4 heterocycles. The zero-order valence-electron chi connectivity index (χ0n) is 17.7. The van der Waals surface area contributed by atoms with Crippen molar-refractivity contribution in [1.29, 1.82) is 0 Å². The maximum absolute atomic E-state index is 14.7. The minimum Gasteiger partial charge on any atom is -0.486 e. The Bertz CT molecular complexity index is 1610. The Morgan fingerprint density at radius 2 is 2.06 bits per heavy atom. The van der Waals surface area contributed by atoms with Gasteiger partial charge in [-0.25, -0.2) is 9.37 Å². The number of ether oxygens (including phenoxy) is 2. The summed E-state index contributed by atoms with van der Waals surface area (Å²) in [6.45, 7) is 0.650. The maximum Gasteiger partial charge on any atom is 0.267 e. The Hall–Kier alpha value is -4.67. The van der Waals surface area contributed by atoms with Crippen LogP contribution in [0.1, 0.15) is 0 Å². The molecule has 0 bridgehead atoms. The number of hydrogen-bond donors (Lipinski definition) is 3. The van der Waals surface area contributed by atoms with E-state index in [4.69, 9.17) is 15.2 Å². The van der Waals surface area contributed by atoms with Gasteiger partial charge in [0.25, 0.3) is 5.56 Å². The molecule has 2 aromatic carbocycles. The number of nitrogens with two attached hydrogens (primary N) is 1. The van der Waals surface area contributed by atoms with Crippen molar-refractivity contribution >= 4 is 33.6 Å². The fraction of sp³-hybridized carbons (Fsp3) is 0.130. The number of pyridine rings is 1. The van der Waals surface area contributed by atoms with Crippen molar-refractivity contribution < 1.29 is 13.9 Å². The molecule has 1 aliphatic rings. The third-order valence-corrected chi connectivity index (χ3v) is 5.59.